The van der Waals surface area contributed by atoms with E-state index in [4.69, 9.17) is 4.74 Å². The van der Waals surface area contributed by atoms with Crippen LogP contribution in [0.3, 0.4) is 0 Å². The first-order valence-corrected chi connectivity index (χ1v) is 8.18. The van der Waals surface area contributed by atoms with Crippen molar-refractivity contribution in [3.05, 3.63) is 29.3 Å². The molecule has 1 amide bonds. The highest BCUT2D eigenvalue weighted by atomic mass is 32.2. The molecule has 2 rings (SSSR count). The van der Waals surface area contributed by atoms with E-state index in [1.165, 1.54) is 15.3 Å². The van der Waals surface area contributed by atoms with Crippen LogP contribution in [-0.2, 0) is 14.8 Å². The van der Waals surface area contributed by atoms with Gasteiger partial charge >= 0.3 is 0 Å². The Bertz CT molecular complexity index is 634. The van der Waals surface area contributed by atoms with Crippen molar-refractivity contribution in [2.45, 2.75) is 11.8 Å². The molecule has 116 valence electrons. The Kier molecular flexibility index (Phi) is 4.65. The average Bonchev–Trinajstić information content (AvgIpc) is 2.47. The van der Waals surface area contributed by atoms with E-state index < -0.39 is 10.0 Å². The van der Waals surface area contributed by atoms with Gasteiger partial charge in [-0.15, -0.1) is 0 Å². The van der Waals surface area contributed by atoms with Crippen molar-refractivity contribution in [1.29, 1.82) is 0 Å². The second-order valence-electron chi connectivity index (χ2n) is 5.20. The molecule has 1 aromatic carbocycles. The highest BCUT2D eigenvalue weighted by molar-refractivity contribution is 7.89. The summed E-state index contributed by atoms with van der Waals surface area (Å²) >= 11 is 0. The highest BCUT2D eigenvalue weighted by Crippen LogP contribution is 2.22. The van der Waals surface area contributed by atoms with Crippen LogP contribution in [-0.4, -0.2) is 63.9 Å². The molecule has 0 N–H and O–H groups in total. The fraction of sp³-hybridized carbons (Fsp3) is 0.500. The van der Waals surface area contributed by atoms with Crippen LogP contribution < -0.4 is 0 Å². The SMILES string of the molecule is Cc1ccc(C(=O)N(C)C)cc1S(=O)(=O)N1CCOCC1. The Morgan fingerprint density at radius 3 is 2.43 bits per heavy atom. The van der Waals surface area contributed by atoms with Gasteiger partial charge in [-0.1, -0.05) is 6.07 Å². The summed E-state index contributed by atoms with van der Waals surface area (Å²) in [6, 6.07) is 4.78. The number of rotatable bonds is 3. The number of ether oxygens (including phenoxy) is 1. The molecule has 0 atom stereocenters. The summed E-state index contributed by atoms with van der Waals surface area (Å²) in [5.41, 5.74) is 1.01. The van der Waals surface area contributed by atoms with Gasteiger partial charge in [-0.2, -0.15) is 4.31 Å². The van der Waals surface area contributed by atoms with Crippen molar-refractivity contribution in [3.8, 4) is 0 Å². The van der Waals surface area contributed by atoms with Crippen molar-refractivity contribution < 1.29 is 17.9 Å². The molecule has 0 saturated carbocycles. The summed E-state index contributed by atoms with van der Waals surface area (Å²) in [4.78, 5) is 13.6. The maximum Gasteiger partial charge on any atom is 0.253 e. The first-order valence-electron chi connectivity index (χ1n) is 6.74. The molecule has 1 heterocycles. The minimum absolute atomic E-state index is 0.192. The van der Waals surface area contributed by atoms with Gasteiger partial charge in [0.25, 0.3) is 5.91 Å². The lowest BCUT2D eigenvalue weighted by atomic mass is 10.1. The monoisotopic (exact) mass is 312 g/mol. The lowest BCUT2D eigenvalue weighted by Crippen LogP contribution is -2.40. The average molecular weight is 312 g/mol. The predicted octanol–water partition coefficient (Wildman–Crippen LogP) is 0.718. The molecule has 6 nitrogen and oxygen atoms in total. The van der Waals surface area contributed by atoms with E-state index in [1.807, 2.05) is 0 Å². The van der Waals surface area contributed by atoms with Crippen LogP contribution in [0.2, 0.25) is 0 Å². The second kappa shape index (κ2) is 6.13. The van der Waals surface area contributed by atoms with Crippen LogP contribution in [0.25, 0.3) is 0 Å². The van der Waals surface area contributed by atoms with Crippen LogP contribution in [0.4, 0.5) is 0 Å². The zero-order valence-corrected chi connectivity index (χ0v) is 13.3. The van der Waals surface area contributed by atoms with Crippen LogP contribution >= 0.6 is 0 Å². The van der Waals surface area contributed by atoms with E-state index >= 15 is 0 Å². The summed E-state index contributed by atoms with van der Waals surface area (Å²) in [5, 5.41) is 0. The first-order chi connectivity index (χ1) is 9.84. The Hall–Kier alpha value is -1.44. The molecule has 7 heteroatoms. The molecule has 0 aliphatic carbocycles. The Morgan fingerprint density at radius 2 is 1.86 bits per heavy atom. The largest absolute Gasteiger partial charge is 0.379 e. The zero-order valence-electron chi connectivity index (χ0n) is 12.5. The normalized spacial score (nSPS) is 16.7. The minimum atomic E-state index is -3.59. The number of amides is 1. The van der Waals surface area contributed by atoms with Gasteiger partial charge in [0.05, 0.1) is 18.1 Å². The van der Waals surface area contributed by atoms with E-state index in [9.17, 15) is 13.2 Å². The molecule has 0 bridgehead atoms. The maximum absolute atomic E-state index is 12.7. The van der Waals surface area contributed by atoms with Gasteiger partial charge in [-0.05, 0) is 24.6 Å². The number of hydrogen-bond acceptors (Lipinski definition) is 4. The van der Waals surface area contributed by atoms with E-state index in [2.05, 4.69) is 0 Å². The minimum Gasteiger partial charge on any atom is -0.379 e. The van der Waals surface area contributed by atoms with E-state index in [0.29, 0.717) is 37.4 Å². The Labute approximate surface area is 125 Å². The number of morpholine rings is 1. The Morgan fingerprint density at radius 1 is 1.24 bits per heavy atom. The summed E-state index contributed by atoms with van der Waals surface area (Å²) in [7, 11) is -0.317. The van der Waals surface area contributed by atoms with E-state index in [-0.39, 0.29) is 10.8 Å². The van der Waals surface area contributed by atoms with Crippen molar-refractivity contribution in [3.63, 3.8) is 0 Å². The molecular weight excluding hydrogens is 292 g/mol. The number of sulfonamides is 1. The summed E-state index contributed by atoms with van der Waals surface area (Å²) in [5.74, 6) is -0.214. The van der Waals surface area contributed by atoms with Gasteiger partial charge in [-0.25, -0.2) is 8.42 Å². The lowest BCUT2D eigenvalue weighted by Gasteiger charge is -2.27. The smallest absolute Gasteiger partial charge is 0.253 e. The third-order valence-electron chi connectivity index (χ3n) is 3.43. The molecule has 21 heavy (non-hydrogen) atoms. The van der Waals surface area contributed by atoms with Crippen molar-refractivity contribution >= 4 is 15.9 Å². The van der Waals surface area contributed by atoms with Crippen LogP contribution in [0.15, 0.2) is 23.1 Å². The molecule has 1 fully saturated rings. The molecule has 1 aliphatic heterocycles. The van der Waals surface area contributed by atoms with Crippen LogP contribution in [0.5, 0.6) is 0 Å². The lowest BCUT2D eigenvalue weighted by molar-refractivity contribution is 0.0730. The molecule has 0 aromatic heterocycles. The molecule has 1 aliphatic rings. The number of nitrogens with zero attached hydrogens (tertiary/aromatic N) is 2. The molecule has 0 unspecified atom stereocenters. The topological polar surface area (TPSA) is 66.9 Å². The van der Waals surface area contributed by atoms with Crippen molar-refractivity contribution in [2.24, 2.45) is 0 Å². The van der Waals surface area contributed by atoms with E-state index in [1.54, 1.807) is 33.2 Å². The second-order valence-corrected chi connectivity index (χ2v) is 7.10. The van der Waals surface area contributed by atoms with Crippen molar-refractivity contribution in [1.82, 2.24) is 9.21 Å². The summed E-state index contributed by atoms with van der Waals surface area (Å²) in [6.07, 6.45) is 0. The highest BCUT2D eigenvalue weighted by Gasteiger charge is 2.28. The number of benzene rings is 1. The van der Waals surface area contributed by atoms with Crippen LogP contribution in [0, 0.1) is 6.92 Å². The maximum atomic E-state index is 12.7. The Balaban J connectivity index is 2.42. The fourth-order valence-electron chi connectivity index (χ4n) is 2.20. The van der Waals surface area contributed by atoms with Gasteiger partial charge in [-0.3, -0.25) is 4.79 Å². The molecule has 0 spiro atoms. The van der Waals surface area contributed by atoms with Gasteiger partial charge in [0.15, 0.2) is 0 Å². The first kappa shape index (κ1) is 15.9. The number of carbonyl (C=O) groups excluding carboxylic acids is 1. The number of hydrogen-bond donors (Lipinski definition) is 0. The third kappa shape index (κ3) is 3.25. The van der Waals surface area contributed by atoms with Gasteiger partial charge in [0.1, 0.15) is 0 Å². The van der Waals surface area contributed by atoms with Gasteiger partial charge in [0, 0.05) is 32.7 Å². The molecule has 0 radical (unpaired) electrons. The molecular formula is C14H20N2O4S. The fourth-order valence-corrected chi connectivity index (χ4v) is 3.85. The summed E-state index contributed by atoms with van der Waals surface area (Å²) in [6.45, 7) is 3.21. The number of carbonyl (C=O) groups is 1. The molecule has 1 saturated heterocycles. The standard InChI is InChI=1S/C14H20N2O4S/c1-11-4-5-12(14(17)15(2)3)10-13(11)21(18,19)16-6-8-20-9-7-16/h4-5,10H,6-9H2,1-3H3. The number of aryl methyl sites for hydroxylation is 1. The predicted molar refractivity (Wildman–Crippen MR) is 78.8 cm³/mol. The zero-order chi connectivity index (χ0) is 15.6. The van der Waals surface area contributed by atoms with Crippen LogP contribution in [0.1, 0.15) is 15.9 Å². The van der Waals surface area contributed by atoms with Gasteiger partial charge < -0.3 is 9.64 Å². The summed E-state index contributed by atoms with van der Waals surface area (Å²) < 4.78 is 32.0. The third-order valence-corrected chi connectivity index (χ3v) is 5.47. The van der Waals surface area contributed by atoms with Gasteiger partial charge in [0.2, 0.25) is 10.0 Å². The molecule has 1 aromatic rings. The van der Waals surface area contributed by atoms with E-state index in [0.717, 1.165) is 0 Å². The van der Waals surface area contributed by atoms with Crippen molar-refractivity contribution in [2.75, 3.05) is 40.4 Å². The quantitative estimate of drug-likeness (QED) is 0.825.